The molecule has 3 nitrogen and oxygen atoms in total. The van der Waals surface area contributed by atoms with Crippen LogP contribution in [0.3, 0.4) is 0 Å². The van der Waals surface area contributed by atoms with Crippen LogP contribution in [0.25, 0.3) is 0 Å². The first-order valence-corrected chi connectivity index (χ1v) is 11.4. The molecule has 5 heteroatoms. The van der Waals surface area contributed by atoms with Crippen LogP contribution in [0.15, 0.2) is 0 Å². The predicted octanol–water partition coefficient (Wildman–Crippen LogP) is 4.82. The summed E-state index contributed by atoms with van der Waals surface area (Å²) in [5.41, 5.74) is 0. The molecule has 0 aliphatic carbocycles. The fourth-order valence-corrected chi connectivity index (χ4v) is 2.74. The van der Waals surface area contributed by atoms with Crippen molar-refractivity contribution in [2.24, 2.45) is 0 Å². The number of hydrogen-bond donors (Lipinski definition) is 0. The fraction of sp³-hybridized carbons (Fsp3) is 0.938. The minimum atomic E-state index is -1.55. The van der Waals surface area contributed by atoms with Gasteiger partial charge in [-0.2, -0.15) is 0 Å². The fourth-order valence-electron chi connectivity index (χ4n) is 1.57. The van der Waals surface area contributed by atoms with Gasteiger partial charge >= 0.3 is 0 Å². The molecule has 0 rings (SSSR count). The average molecular weight is 334 g/mol. The molecule has 0 atom stereocenters. The molecule has 0 aliphatic heterocycles. The highest BCUT2D eigenvalue weighted by Gasteiger charge is 2.36. The lowest BCUT2D eigenvalue weighted by Crippen LogP contribution is -2.40. The van der Waals surface area contributed by atoms with Gasteiger partial charge < -0.3 is 14.1 Å². The zero-order chi connectivity index (χ0) is 16.5. The monoisotopic (exact) mass is 333 g/mol. The lowest BCUT2D eigenvalue weighted by molar-refractivity contribution is 0.256. The SMILES string of the molecule is CN(C)C(=S)OCCCCCCCO[Si](C)(C)C(C)(C)C. The molecule has 21 heavy (non-hydrogen) atoms. The number of hydrogen-bond acceptors (Lipinski definition) is 3. The molecule has 0 spiro atoms. The van der Waals surface area contributed by atoms with Crippen LogP contribution in [0.2, 0.25) is 18.1 Å². The summed E-state index contributed by atoms with van der Waals surface area (Å²) in [6.07, 6.45) is 5.95. The van der Waals surface area contributed by atoms with E-state index >= 15 is 0 Å². The molecule has 0 amide bonds. The quantitative estimate of drug-likeness (QED) is 0.342. The van der Waals surface area contributed by atoms with Crippen molar-refractivity contribution < 1.29 is 9.16 Å². The highest BCUT2D eigenvalue weighted by Crippen LogP contribution is 2.36. The van der Waals surface area contributed by atoms with E-state index in [4.69, 9.17) is 21.4 Å². The second-order valence-corrected chi connectivity index (χ2v) is 12.5. The second kappa shape index (κ2) is 9.80. The van der Waals surface area contributed by atoms with Crippen LogP contribution in [0, 0.1) is 0 Å². The topological polar surface area (TPSA) is 21.7 Å². The van der Waals surface area contributed by atoms with E-state index in [1.165, 1.54) is 25.7 Å². The Kier molecular flexibility index (Phi) is 9.73. The highest BCUT2D eigenvalue weighted by molar-refractivity contribution is 7.80. The third-order valence-corrected chi connectivity index (χ3v) is 9.17. The molecule has 0 saturated heterocycles. The summed E-state index contributed by atoms with van der Waals surface area (Å²) in [5, 5.41) is 0.896. The number of unbranched alkanes of at least 4 members (excludes halogenated alkanes) is 4. The van der Waals surface area contributed by atoms with Gasteiger partial charge in [0.25, 0.3) is 5.17 Å². The van der Waals surface area contributed by atoms with Crippen LogP contribution in [0.1, 0.15) is 52.9 Å². The van der Waals surface area contributed by atoms with Crippen molar-refractivity contribution >= 4 is 25.7 Å². The average Bonchev–Trinajstić information content (AvgIpc) is 2.34. The van der Waals surface area contributed by atoms with E-state index in [1.54, 1.807) is 0 Å². The van der Waals surface area contributed by atoms with Crippen molar-refractivity contribution in [3.63, 3.8) is 0 Å². The zero-order valence-corrected chi connectivity index (χ0v) is 16.9. The van der Waals surface area contributed by atoms with Gasteiger partial charge in [0.15, 0.2) is 8.32 Å². The van der Waals surface area contributed by atoms with Crippen molar-refractivity contribution in [2.45, 2.75) is 71.0 Å². The summed E-state index contributed by atoms with van der Waals surface area (Å²) < 4.78 is 11.6. The Morgan fingerprint density at radius 3 is 1.90 bits per heavy atom. The molecule has 0 aromatic rings. The molecule has 0 heterocycles. The zero-order valence-electron chi connectivity index (χ0n) is 15.1. The van der Waals surface area contributed by atoms with E-state index < -0.39 is 8.32 Å². The summed E-state index contributed by atoms with van der Waals surface area (Å²) in [5.74, 6) is 0. The minimum absolute atomic E-state index is 0.315. The van der Waals surface area contributed by atoms with Gasteiger partial charge in [0.1, 0.15) is 0 Å². The number of ether oxygens (including phenoxy) is 1. The number of thiocarbonyl (C=S) groups is 1. The molecule has 0 N–H and O–H groups in total. The second-order valence-electron chi connectivity index (χ2n) is 7.39. The summed E-state index contributed by atoms with van der Waals surface area (Å²) in [6, 6.07) is 0. The maximum atomic E-state index is 6.17. The molecule has 126 valence electrons. The van der Waals surface area contributed by atoms with Gasteiger partial charge in [0.05, 0.1) is 6.61 Å². The van der Waals surface area contributed by atoms with Gasteiger partial charge in [-0.25, -0.2) is 0 Å². The Labute approximate surface area is 138 Å². The van der Waals surface area contributed by atoms with Crippen LogP contribution in [-0.4, -0.2) is 45.7 Å². The molecule has 0 aromatic carbocycles. The molecule has 0 aromatic heterocycles. The first kappa shape index (κ1) is 20.9. The van der Waals surface area contributed by atoms with Crippen molar-refractivity contribution in [2.75, 3.05) is 27.3 Å². The maximum Gasteiger partial charge on any atom is 0.258 e. The van der Waals surface area contributed by atoms with Crippen molar-refractivity contribution in [3.05, 3.63) is 0 Å². The van der Waals surface area contributed by atoms with E-state index in [0.717, 1.165) is 19.6 Å². The summed E-state index contributed by atoms with van der Waals surface area (Å²) in [7, 11) is 2.27. The molecular formula is C16H35NO2SSi. The Hall–Kier alpha value is -0.133. The molecule has 0 bridgehead atoms. The third kappa shape index (κ3) is 9.48. The standard InChI is InChI=1S/C16H35NO2SSi/c1-16(2,3)21(6,7)19-14-12-10-8-9-11-13-18-15(20)17(4)5/h8-14H2,1-7H3. The lowest BCUT2D eigenvalue weighted by atomic mass is 10.1. The summed E-state index contributed by atoms with van der Waals surface area (Å²) in [4.78, 5) is 1.83. The molecular weight excluding hydrogens is 298 g/mol. The van der Waals surface area contributed by atoms with Crippen LogP contribution < -0.4 is 0 Å². The Morgan fingerprint density at radius 2 is 1.43 bits per heavy atom. The van der Waals surface area contributed by atoms with Gasteiger partial charge in [-0.3, -0.25) is 0 Å². The molecule has 0 radical (unpaired) electrons. The van der Waals surface area contributed by atoms with E-state index in [2.05, 4.69) is 33.9 Å². The first-order chi connectivity index (χ1) is 9.58. The van der Waals surface area contributed by atoms with Crippen molar-refractivity contribution in [1.29, 1.82) is 0 Å². The van der Waals surface area contributed by atoms with Gasteiger partial charge in [-0.1, -0.05) is 40.0 Å². The van der Waals surface area contributed by atoms with Crippen molar-refractivity contribution in [1.82, 2.24) is 4.90 Å². The normalized spacial score (nSPS) is 12.3. The van der Waals surface area contributed by atoms with E-state index in [1.807, 2.05) is 19.0 Å². The van der Waals surface area contributed by atoms with Crippen LogP contribution >= 0.6 is 12.2 Å². The van der Waals surface area contributed by atoms with Crippen LogP contribution in [0.5, 0.6) is 0 Å². The van der Waals surface area contributed by atoms with E-state index in [9.17, 15) is 0 Å². The van der Waals surface area contributed by atoms with E-state index in [-0.39, 0.29) is 0 Å². The molecule has 0 aliphatic rings. The number of rotatable bonds is 9. The summed E-state index contributed by atoms with van der Waals surface area (Å²) >= 11 is 5.07. The van der Waals surface area contributed by atoms with E-state index in [0.29, 0.717) is 10.2 Å². The lowest BCUT2D eigenvalue weighted by Gasteiger charge is -2.36. The molecule has 0 saturated carbocycles. The highest BCUT2D eigenvalue weighted by atomic mass is 32.1. The largest absolute Gasteiger partial charge is 0.471 e. The van der Waals surface area contributed by atoms with Gasteiger partial charge in [-0.05, 0) is 43.2 Å². The van der Waals surface area contributed by atoms with Crippen LogP contribution in [-0.2, 0) is 9.16 Å². The van der Waals surface area contributed by atoms with Gasteiger partial charge in [0, 0.05) is 20.7 Å². The first-order valence-electron chi connectivity index (χ1n) is 8.06. The Balaban J connectivity index is 3.48. The minimum Gasteiger partial charge on any atom is -0.471 e. The Morgan fingerprint density at radius 1 is 0.952 bits per heavy atom. The van der Waals surface area contributed by atoms with Crippen LogP contribution in [0.4, 0.5) is 0 Å². The van der Waals surface area contributed by atoms with Crippen molar-refractivity contribution in [3.8, 4) is 0 Å². The Bertz CT molecular complexity index is 301. The maximum absolute atomic E-state index is 6.17. The third-order valence-electron chi connectivity index (χ3n) is 4.15. The molecule has 0 fully saturated rings. The van der Waals surface area contributed by atoms with Gasteiger partial charge in [0.2, 0.25) is 0 Å². The smallest absolute Gasteiger partial charge is 0.258 e. The molecule has 0 unspecified atom stereocenters. The predicted molar refractivity (Wildman–Crippen MR) is 98.5 cm³/mol. The summed E-state index contributed by atoms with van der Waals surface area (Å²) in [6.45, 7) is 13.2. The number of nitrogens with zero attached hydrogens (tertiary/aromatic N) is 1. The van der Waals surface area contributed by atoms with Gasteiger partial charge in [-0.15, -0.1) is 0 Å².